The lowest BCUT2D eigenvalue weighted by Crippen LogP contribution is -2.47. The van der Waals surface area contributed by atoms with E-state index in [-0.39, 0.29) is 23.3 Å². The van der Waals surface area contributed by atoms with E-state index in [2.05, 4.69) is 83.9 Å². The van der Waals surface area contributed by atoms with Crippen LogP contribution in [-0.2, 0) is 9.63 Å². The van der Waals surface area contributed by atoms with Crippen LogP contribution in [0.5, 0.6) is 0 Å². The van der Waals surface area contributed by atoms with E-state index in [1.54, 1.807) is 0 Å². The minimum Gasteiger partial charge on any atom is -0.342 e. The number of hydrogen-bond acceptors (Lipinski definition) is 5. The second-order valence-corrected chi connectivity index (χ2v) is 12.5. The van der Waals surface area contributed by atoms with Crippen LogP contribution in [0.2, 0.25) is 0 Å². The lowest BCUT2D eigenvalue weighted by Gasteiger charge is -2.39. The van der Waals surface area contributed by atoms with Crippen molar-refractivity contribution in [3.63, 3.8) is 0 Å². The van der Waals surface area contributed by atoms with Crippen LogP contribution in [0.15, 0.2) is 84.0 Å². The molecule has 6 nitrogen and oxygen atoms in total. The Kier molecular flexibility index (Phi) is 8.98. The smallest absolute Gasteiger partial charge is 0.230 e. The largest absolute Gasteiger partial charge is 0.342 e. The van der Waals surface area contributed by atoms with Gasteiger partial charge < -0.3 is 9.80 Å². The second kappa shape index (κ2) is 12.7. The predicted octanol–water partition coefficient (Wildman–Crippen LogP) is 7.31. The lowest BCUT2D eigenvalue weighted by molar-refractivity contribution is -0.135. The van der Waals surface area contributed by atoms with Crippen molar-refractivity contribution in [3.05, 3.63) is 90.2 Å². The van der Waals surface area contributed by atoms with Gasteiger partial charge in [0.25, 0.3) is 0 Å². The van der Waals surface area contributed by atoms with E-state index in [1.165, 1.54) is 0 Å². The van der Waals surface area contributed by atoms with Crippen LogP contribution in [0.25, 0.3) is 16.5 Å². The summed E-state index contributed by atoms with van der Waals surface area (Å²) in [6.45, 7) is 17.4. The number of hydroxylamine groups is 1. The molecule has 0 aromatic heterocycles. The number of nitrogens with zero attached hydrogens (tertiary/aromatic N) is 3. The molecule has 0 saturated carbocycles. The molecule has 1 amide bonds. The minimum atomic E-state index is -0.356. The number of likely N-dealkylation sites (tertiary alicyclic amines) is 1. The molecule has 1 fully saturated rings. The highest BCUT2D eigenvalue weighted by Gasteiger charge is 2.38. The van der Waals surface area contributed by atoms with E-state index in [1.807, 2.05) is 45.0 Å². The maximum absolute atomic E-state index is 14.4. The summed E-state index contributed by atoms with van der Waals surface area (Å²) in [6, 6.07) is 22.9. The molecular weight excluding hydrogens is 520 g/mol. The van der Waals surface area contributed by atoms with Gasteiger partial charge in [0.15, 0.2) is 0 Å². The Balaban J connectivity index is 1.44. The van der Waals surface area contributed by atoms with Crippen molar-refractivity contribution in [1.82, 2.24) is 15.3 Å². The zero-order valence-corrected chi connectivity index (χ0v) is 25.7. The number of rotatable bonds is 8. The quantitative estimate of drug-likeness (QED) is 0.230. The summed E-state index contributed by atoms with van der Waals surface area (Å²) in [5, 5.41) is 2.30. The summed E-state index contributed by atoms with van der Waals surface area (Å²) in [5.41, 5.74) is 10.00. The Bertz CT molecular complexity index is 1490. The molecule has 6 heteroatoms. The Labute approximate surface area is 250 Å². The van der Waals surface area contributed by atoms with Crippen molar-refractivity contribution in [3.8, 4) is 0 Å². The van der Waals surface area contributed by atoms with Gasteiger partial charge in [0.2, 0.25) is 5.91 Å². The van der Waals surface area contributed by atoms with Gasteiger partial charge in [-0.15, -0.1) is 5.73 Å². The van der Waals surface area contributed by atoms with Crippen molar-refractivity contribution in [1.29, 1.82) is 0 Å². The zero-order chi connectivity index (χ0) is 29.9. The SMILES string of the molecule is C=C=C1c2cc3ccccc3cc2N=C(C(C)C(C(=O)N2CCC(CNOC(C)(C)C)CC2)c2ccccc2)N1CC. The molecule has 3 aromatic rings. The van der Waals surface area contributed by atoms with Crippen molar-refractivity contribution in [2.24, 2.45) is 16.8 Å². The third kappa shape index (κ3) is 6.37. The summed E-state index contributed by atoms with van der Waals surface area (Å²) in [4.78, 5) is 29.6. The maximum atomic E-state index is 14.4. The van der Waals surface area contributed by atoms with E-state index in [0.717, 1.165) is 71.6 Å². The molecule has 42 heavy (non-hydrogen) atoms. The Morgan fingerprint density at radius 1 is 1.07 bits per heavy atom. The maximum Gasteiger partial charge on any atom is 0.230 e. The van der Waals surface area contributed by atoms with Crippen LogP contribution in [-0.4, -0.2) is 53.3 Å². The van der Waals surface area contributed by atoms with Crippen molar-refractivity contribution in [2.75, 3.05) is 26.2 Å². The predicted molar refractivity (Wildman–Crippen MR) is 172 cm³/mol. The first-order chi connectivity index (χ1) is 20.2. The topological polar surface area (TPSA) is 57.2 Å². The van der Waals surface area contributed by atoms with Gasteiger partial charge in [-0.3, -0.25) is 9.63 Å². The molecule has 2 heterocycles. The number of carbonyl (C=O) groups excluding carboxylic acids is 1. The highest BCUT2D eigenvalue weighted by Crippen LogP contribution is 2.41. The van der Waals surface area contributed by atoms with Gasteiger partial charge in [-0.05, 0) is 74.9 Å². The molecular formula is C36H44N4O2. The Hall–Kier alpha value is -3.70. The number of aliphatic imine (C=N–C) groups is 1. The average molecular weight is 565 g/mol. The summed E-state index contributed by atoms with van der Waals surface area (Å²) in [7, 11) is 0. The number of hydrogen-bond donors (Lipinski definition) is 1. The van der Waals surface area contributed by atoms with Gasteiger partial charge >= 0.3 is 0 Å². The highest BCUT2D eigenvalue weighted by molar-refractivity contribution is 6.04. The molecule has 2 atom stereocenters. The number of benzene rings is 3. The first-order valence-electron chi connectivity index (χ1n) is 15.2. The van der Waals surface area contributed by atoms with E-state index >= 15 is 0 Å². The summed E-state index contributed by atoms with van der Waals surface area (Å²) >= 11 is 0. The number of nitrogens with one attached hydrogen (secondary N) is 1. The third-order valence-corrected chi connectivity index (χ3v) is 8.39. The van der Waals surface area contributed by atoms with E-state index in [9.17, 15) is 4.79 Å². The third-order valence-electron chi connectivity index (χ3n) is 8.39. The fraction of sp³-hybridized carbons (Fsp3) is 0.417. The normalized spacial score (nSPS) is 17.5. The molecule has 1 N–H and O–H groups in total. The molecule has 0 bridgehead atoms. The molecule has 0 radical (unpaired) electrons. The number of carbonyl (C=O) groups is 1. The van der Waals surface area contributed by atoms with Gasteiger partial charge in [-0.25, -0.2) is 10.5 Å². The first-order valence-corrected chi connectivity index (χ1v) is 15.2. The van der Waals surface area contributed by atoms with Gasteiger partial charge in [0, 0.05) is 37.7 Å². The fourth-order valence-electron chi connectivity index (χ4n) is 6.20. The monoisotopic (exact) mass is 564 g/mol. The van der Waals surface area contributed by atoms with E-state index < -0.39 is 0 Å². The van der Waals surface area contributed by atoms with Crippen molar-refractivity contribution in [2.45, 2.75) is 59.0 Å². The Morgan fingerprint density at radius 3 is 2.33 bits per heavy atom. The molecule has 1 saturated heterocycles. The highest BCUT2D eigenvalue weighted by atomic mass is 16.7. The molecule has 0 aliphatic carbocycles. The number of fused-ring (bicyclic) bond motifs is 2. The molecule has 2 unspecified atom stereocenters. The van der Waals surface area contributed by atoms with E-state index in [0.29, 0.717) is 12.5 Å². The average Bonchev–Trinajstić information content (AvgIpc) is 2.99. The molecule has 220 valence electrons. The molecule has 2 aliphatic heterocycles. The van der Waals surface area contributed by atoms with Crippen molar-refractivity contribution < 1.29 is 9.63 Å². The number of piperidine rings is 1. The first kappa shape index (κ1) is 29.8. The minimum absolute atomic E-state index is 0.164. The van der Waals surface area contributed by atoms with Crippen LogP contribution in [0.4, 0.5) is 5.69 Å². The molecule has 2 aliphatic rings. The summed E-state index contributed by atoms with van der Waals surface area (Å²) < 4.78 is 0. The molecule has 0 spiro atoms. The lowest BCUT2D eigenvalue weighted by atomic mass is 9.83. The van der Waals surface area contributed by atoms with Crippen LogP contribution < -0.4 is 5.48 Å². The van der Waals surface area contributed by atoms with Gasteiger partial charge in [0.1, 0.15) is 5.84 Å². The number of amides is 1. The summed E-state index contributed by atoms with van der Waals surface area (Å²) in [6.07, 6.45) is 1.90. The fourth-order valence-corrected chi connectivity index (χ4v) is 6.20. The van der Waals surface area contributed by atoms with Crippen LogP contribution in [0, 0.1) is 11.8 Å². The number of amidine groups is 1. The van der Waals surface area contributed by atoms with Crippen LogP contribution in [0.1, 0.15) is 64.5 Å². The Morgan fingerprint density at radius 2 is 1.71 bits per heavy atom. The zero-order valence-electron chi connectivity index (χ0n) is 25.7. The van der Waals surface area contributed by atoms with Crippen LogP contribution >= 0.6 is 0 Å². The summed E-state index contributed by atoms with van der Waals surface area (Å²) in [5.74, 6) is 1.01. The standard InChI is InChI=1S/C36H44N4O2/c1-7-32-30-22-28-16-12-13-17-29(28)23-31(30)38-34(40(32)8-2)25(3)33(27-14-10-9-11-15-27)35(41)39-20-18-26(19-21-39)24-37-42-36(4,5)6/h9-17,22-23,25-26,33,37H,1,8,18-21,24H2,2-6H3. The molecule has 3 aromatic carbocycles. The second-order valence-electron chi connectivity index (χ2n) is 12.5. The van der Waals surface area contributed by atoms with E-state index in [4.69, 9.17) is 9.83 Å². The molecule has 5 rings (SSSR count). The van der Waals surface area contributed by atoms with Crippen molar-refractivity contribution >= 4 is 33.9 Å². The van der Waals surface area contributed by atoms with Crippen LogP contribution in [0.3, 0.4) is 0 Å². The van der Waals surface area contributed by atoms with Gasteiger partial charge in [0.05, 0.1) is 22.9 Å². The van der Waals surface area contributed by atoms with Gasteiger partial charge in [-0.1, -0.05) is 68.1 Å². The van der Waals surface area contributed by atoms with Gasteiger partial charge in [-0.2, -0.15) is 0 Å².